The van der Waals surface area contributed by atoms with E-state index in [-0.39, 0.29) is 11.0 Å². The fourth-order valence-electron chi connectivity index (χ4n) is 1.84. The highest BCUT2D eigenvalue weighted by atomic mass is 19.1. The number of halogens is 2. The van der Waals surface area contributed by atoms with Crippen molar-refractivity contribution in [2.45, 2.75) is 20.3 Å². The summed E-state index contributed by atoms with van der Waals surface area (Å²) in [6.45, 7) is 6.02. The summed E-state index contributed by atoms with van der Waals surface area (Å²) in [5.74, 6) is -0.945. The molecule has 0 saturated heterocycles. The van der Waals surface area contributed by atoms with Crippen molar-refractivity contribution in [1.29, 1.82) is 0 Å². The molecule has 0 heterocycles. The van der Waals surface area contributed by atoms with Crippen LogP contribution in [0, 0.1) is 17.0 Å². The van der Waals surface area contributed by atoms with Gasteiger partial charge in [0.25, 0.3) is 0 Å². The van der Waals surface area contributed by atoms with E-state index in [2.05, 4.69) is 5.32 Å². The SMILES string of the molecule is COCCNCC(C)(C)Cc1c(F)cccc1F. The van der Waals surface area contributed by atoms with Gasteiger partial charge in [-0.15, -0.1) is 0 Å². The molecule has 0 aromatic heterocycles. The zero-order chi connectivity index (χ0) is 13.6. The van der Waals surface area contributed by atoms with Crippen molar-refractivity contribution in [2.75, 3.05) is 26.8 Å². The molecule has 0 unspecified atom stereocenters. The fraction of sp³-hybridized carbons (Fsp3) is 0.571. The number of benzene rings is 1. The monoisotopic (exact) mass is 257 g/mol. The number of nitrogens with one attached hydrogen (secondary N) is 1. The average Bonchev–Trinajstić information content (AvgIpc) is 2.30. The summed E-state index contributed by atoms with van der Waals surface area (Å²) < 4.78 is 32.0. The van der Waals surface area contributed by atoms with Gasteiger partial charge >= 0.3 is 0 Å². The molecule has 0 radical (unpaired) electrons. The van der Waals surface area contributed by atoms with Gasteiger partial charge in [-0.05, 0) is 24.0 Å². The molecule has 2 nitrogen and oxygen atoms in total. The lowest BCUT2D eigenvalue weighted by Gasteiger charge is -2.25. The summed E-state index contributed by atoms with van der Waals surface area (Å²) in [7, 11) is 1.64. The fourth-order valence-corrected chi connectivity index (χ4v) is 1.84. The first kappa shape index (κ1) is 15.1. The van der Waals surface area contributed by atoms with Gasteiger partial charge in [0.15, 0.2) is 0 Å². The number of methoxy groups -OCH3 is 1. The zero-order valence-electron chi connectivity index (χ0n) is 11.2. The zero-order valence-corrected chi connectivity index (χ0v) is 11.2. The highest BCUT2D eigenvalue weighted by molar-refractivity contribution is 5.21. The molecule has 0 amide bonds. The van der Waals surface area contributed by atoms with Gasteiger partial charge in [-0.2, -0.15) is 0 Å². The first-order valence-corrected chi connectivity index (χ1v) is 6.09. The Labute approximate surface area is 107 Å². The van der Waals surface area contributed by atoms with Gasteiger partial charge < -0.3 is 10.1 Å². The molecule has 0 aliphatic carbocycles. The summed E-state index contributed by atoms with van der Waals surface area (Å²) >= 11 is 0. The maximum Gasteiger partial charge on any atom is 0.129 e. The van der Waals surface area contributed by atoms with Crippen molar-refractivity contribution in [3.05, 3.63) is 35.4 Å². The minimum atomic E-state index is -0.472. The van der Waals surface area contributed by atoms with Crippen LogP contribution in [0.25, 0.3) is 0 Å². The molecular weight excluding hydrogens is 236 g/mol. The van der Waals surface area contributed by atoms with Crippen LogP contribution in [0.2, 0.25) is 0 Å². The predicted molar refractivity (Wildman–Crippen MR) is 68.6 cm³/mol. The van der Waals surface area contributed by atoms with Crippen LogP contribution in [-0.4, -0.2) is 26.8 Å². The minimum absolute atomic E-state index is 0.163. The van der Waals surface area contributed by atoms with Crippen molar-refractivity contribution < 1.29 is 13.5 Å². The van der Waals surface area contributed by atoms with Crippen molar-refractivity contribution in [3.8, 4) is 0 Å². The first-order valence-electron chi connectivity index (χ1n) is 6.09. The van der Waals surface area contributed by atoms with Crippen LogP contribution in [0.5, 0.6) is 0 Å². The van der Waals surface area contributed by atoms with Crippen molar-refractivity contribution in [2.24, 2.45) is 5.41 Å². The first-order chi connectivity index (χ1) is 8.46. The molecule has 4 heteroatoms. The van der Waals surface area contributed by atoms with Gasteiger partial charge in [0.05, 0.1) is 6.61 Å². The Morgan fingerprint density at radius 1 is 1.22 bits per heavy atom. The Morgan fingerprint density at radius 2 is 1.83 bits per heavy atom. The van der Waals surface area contributed by atoms with Crippen molar-refractivity contribution in [3.63, 3.8) is 0 Å². The summed E-state index contributed by atoms with van der Waals surface area (Å²) in [6.07, 6.45) is 0.367. The quantitative estimate of drug-likeness (QED) is 0.758. The van der Waals surface area contributed by atoms with Gasteiger partial charge in [0.1, 0.15) is 11.6 Å². The molecule has 0 aliphatic heterocycles. The number of hydrogen-bond acceptors (Lipinski definition) is 2. The highest BCUT2D eigenvalue weighted by Crippen LogP contribution is 2.24. The predicted octanol–water partition coefficient (Wildman–Crippen LogP) is 2.77. The van der Waals surface area contributed by atoms with Gasteiger partial charge in [0.2, 0.25) is 0 Å². The molecule has 0 spiro atoms. The standard InChI is InChI=1S/C14H21F2NO/c1-14(2,10-17-7-8-18-3)9-11-12(15)5-4-6-13(11)16/h4-6,17H,7-10H2,1-3H3. The molecule has 1 rings (SSSR count). The number of hydrogen-bond donors (Lipinski definition) is 1. The summed E-state index contributed by atoms with van der Waals surface area (Å²) in [6, 6.07) is 3.98. The average molecular weight is 257 g/mol. The molecule has 1 aromatic carbocycles. The molecule has 0 aliphatic rings. The minimum Gasteiger partial charge on any atom is -0.383 e. The normalized spacial score (nSPS) is 11.8. The molecule has 1 aromatic rings. The van der Waals surface area contributed by atoms with Gasteiger partial charge in [0, 0.05) is 25.8 Å². The summed E-state index contributed by atoms with van der Waals surface area (Å²) in [5.41, 5.74) is -0.0485. The Bertz CT molecular complexity index is 360. The maximum absolute atomic E-state index is 13.5. The van der Waals surface area contributed by atoms with E-state index in [1.54, 1.807) is 7.11 Å². The molecule has 102 valence electrons. The van der Waals surface area contributed by atoms with E-state index in [9.17, 15) is 8.78 Å². The topological polar surface area (TPSA) is 21.3 Å². The van der Waals surface area contributed by atoms with E-state index in [4.69, 9.17) is 4.74 Å². The Morgan fingerprint density at radius 3 is 2.39 bits per heavy atom. The molecule has 0 bridgehead atoms. The van der Waals surface area contributed by atoms with Gasteiger partial charge in [-0.1, -0.05) is 19.9 Å². The van der Waals surface area contributed by atoms with E-state index < -0.39 is 11.6 Å². The molecule has 18 heavy (non-hydrogen) atoms. The molecular formula is C14H21F2NO. The van der Waals surface area contributed by atoms with Crippen LogP contribution < -0.4 is 5.32 Å². The maximum atomic E-state index is 13.5. The lowest BCUT2D eigenvalue weighted by atomic mass is 9.85. The van der Waals surface area contributed by atoms with Gasteiger partial charge in [-0.25, -0.2) is 8.78 Å². The summed E-state index contributed by atoms with van der Waals surface area (Å²) in [4.78, 5) is 0. The summed E-state index contributed by atoms with van der Waals surface area (Å²) in [5, 5.41) is 3.22. The van der Waals surface area contributed by atoms with Crippen LogP contribution in [0.4, 0.5) is 8.78 Å². The molecule has 0 atom stereocenters. The Balaban J connectivity index is 2.59. The molecule has 1 N–H and O–H groups in total. The lowest BCUT2D eigenvalue weighted by molar-refractivity contribution is 0.193. The number of rotatable bonds is 7. The third-order valence-electron chi connectivity index (χ3n) is 2.80. The van der Waals surface area contributed by atoms with E-state index in [0.29, 0.717) is 19.6 Å². The van der Waals surface area contributed by atoms with E-state index in [1.807, 2.05) is 13.8 Å². The molecule has 0 fully saturated rings. The van der Waals surface area contributed by atoms with Crippen LogP contribution >= 0.6 is 0 Å². The molecule has 0 saturated carbocycles. The van der Waals surface area contributed by atoms with Crippen LogP contribution in [0.1, 0.15) is 19.4 Å². The largest absolute Gasteiger partial charge is 0.383 e. The number of ether oxygens (including phenoxy) is 1. The van der Waals surface area contributed by atoms with E-state index in [1.165, 1.54) is 18.2 Å². The second-order valence-electron chi connectivity index (χ2n) is 5.21. The Kier molecular flexibility index (Phi) is 5.69. The second-order valence-corrected chi connectivity index (χ2v) is 5.21. The lowest BCUT2D eigenvalue weighted by Crippen LogP contribution is -2.33. The Hall–Kier alpha value is -1.00. The third-order valence-corrected chi connectivity index (χ3v) is 2.80. The van der Waals surface area contributed by atoms with Crippen LogP contribution in [-0.2, 0) is 11.2 Å². The van der Waals surface area contributed by atoms with Crippen LogP contribution in [0.3, 0.4) is 0 Å². The second kappa shape index (κ2) is 6.81. The van der Waals surface area contributed by atoms with Crippen molar-refractivity contribution in [1.82, 2.24) is 5.32 Å². The van der Waals surface area contributed by atoms with Crippen LogP contribution in [0.15, 0.2) is 18.2 Å². The van der Waals surface area contributed by atoms with Crippen molar-refractivity contribution >= 4 is 0 Å². The van der Waals surface area contributed by atoms with E-state index in [0.717, 1.165) is 6.54 Å². The van der Waals surface area contributed by atoms with E-state index >= 15 is 0 Å². The smallest absolute Gasteiger partial charge is 0.129 e. The highest BCUT2D eigenvalue weighted by Gasteiger charge is 2.22. The third kappa shape index (κ3) is 4.70. The van der Waals surface area contributed by atoms with Gasteiger partial charge in [-0.3, -0.25) is 0 Å².